The molecule has 0 aliphatic carbocycles. The van der Waals surface area contributed by atoms with Gasteiger partial charge in [-0.05, 0) is 48.9 Å². The lowest BCUT2D eigenvalue weighted by atomic mass is 10.2. The number of carbonyl (C=O) groups excluding carboxylic acids is 1. The smallest absolute Gasteiger partial charge is 0.319 e. The molecule has 0 saturated heterocycles. The van der Waals surface area contributed by atoms with Crippen LogP contribution in [-0.4, -0.2) is 33.9 Å². The standard InChI is InChI=1S/C18H19ClN6O/c1-13-4-5-15(14(19)12-13)22-18(26)21-9-8-20-16-6-7-17(24-23-16)25-10-2-3-11-25/h2-7,10-12H,8-9H2,1H3,(H,20,23)(H2,21,22,26). The second kappa shape index (κ2) is 8.35. The number of carbonyl (C=O) groups is 1. The third-order valence-corrected chi connectivity index (χ3v) is 3.92. The summed E-state index contributed by atoms with van der Waals surface area (Å²) in [5, 5.41) is 17.3. The summed E-state index contributed by atoms with van der Waals surface area (Å²) in [5.41, 5.74) is 1.61. The predicted octanol–water partition coefficient (Wildman–Crippen LogP) is 3.46. The lowest BCUT2D eigenvalue weighted by Crippen LogP contribution is -2.32. The Morgan fingerprint density at radius 2 is 1.92 bits per heavy atom. The third kappa shape index (κ3) is 4.73. The highest BCUT2D eigenvalue weighted by Crippen LogP contribution is 2.22. The molecular weight excluding hydrogens is 352 g/mol. The van der Waals surface area contributed by atoms with Crippen LogP contribution in [0.25, 0.3) is 5.82 Å². The van der Waals surface area contributed by atoms with E-state index in [4.69, 9.17) is 11.6 Å². The van der Waals surface area contributed by atoms with Crippen molar-refractivity contribution in [2.24, 2.45) is 0 Å². The number of benzene rings is 1. The molecule has 1 aromatic carbocycles. The molecule has 0 atom stereocenters. The number of amides is 2. The molecule has 0 radical (unpaired) electrons. The minimum Gasteiger partial charge on any atom is -0.367 e. The summed E-state index contributed by atoms with van der Waals surface area (Å²) >= 11 is 6.09. The average Bonchev–Trinajstić information content (AvgIpc) is 3.16. The second-order valence-corrected chi connectivity index (χ2v) is 6.07. The van der Waals surface area contributed by atoms with Crippen molar-refractivity contribution >= 4 is 29.1 Å². The zero-order valence-electron chi connectivity index (χ0n) is 14.2. The van der Waals surface area contributed by atoms with Crippen molar-refractivity contribution < 1.29 is 4.79 Å². The van der Waals surface area contributed by atoms with Crippen molar-refractivity contribution in [3.8, 4) is 5.82 Å². The second-order valence-electron chi connectivity index (χ2n) is 5.66. The molecule has 2 aromatic heterocycles. The summed E-state index contributed by atoms with van der Waals surface area (Å²) in [7, 11) is 0. The lowest BCUT2D eigenvalue weighted by Gasteiger charge is -2.10. The fraction of sp³-hybridized carbons (Fsp3) is 0.167. The average molecular weight is 371 g/mol. The molecular formula is C18H19ClN6O. The summed E-state index contributed by atoms with van der Waals surface area (Å²) in [4.78, 5) is 11.9. The van der Waals surface area contributed by atoms with Crippen molar-refractivity contribution in [2.45, 2.75) is 6.92 Å². The maximum Gasteiger partial charge on any atom is 0.319 e. The van der Waals surface area contributed by atoms with Crippen LogP contribution in [-0.2, 0) is 0 Å². The molecule has 0 spiro atoms. The van der Waals surface area contributed by atoms with E-state index < -0.39 is 0 Å². The van der Waals surface area contributed by atoms with Crippen LogP contribution in [0.15, 0.2) is 54.9 Å². The highest BCUT2D eigenvalue weighted by atomic mass is 35.5. The van der Waals surface area contributed by atoms with Gasteiger partial charge in [-0.2, -0.15) is 0 Å². The highest BCUT2D eigenvalue weighted by molar-refractivity contribution is 6.33. The van der Waals surface area contributed by atoms with Crippen LogP contribution in [0.4, 0.5) is 16.3 Å². The van der Waals surface area contributed by atoms with E-state index in [0.717, 1.165) is 11.4 Å². The topological polar surface area (TPSA) is 83.9 Å². The number of aryl methyl sites for hydroxylation is 1. The largest absolute Gasteiger partial charge is 0.367 e. The molecule has 7 nitrogen and oxygen atoms in total. The summed E-state index contributed by atoms with van der Waals surface area (Å²) in [5.74, 6) is 1.39. The molecule has 0 bridgehead atoms. The van der Waals surface area contributed by atoms with Gasteiger partial charge in [0.1, 0.15) is 5.82 Å². The number of anilines is 2. The predicted molar refractivity (Wildman–Crippen MR) is 103 cm³/mol. The van der Waals surface area contributed by atoms with Crippen molar-refractivity contribution in [1.29, 1.82) is 0 Å². The Labute approximate surface area is 156 Å². The molecule has 2 amide bonds. The van der Waals surface area contributed by atoms with E-state index >= 15 is 0 Å². The molecule has 0 saturated carbocycles. The lowest BCUT2D eigenvalue weighted by molar-refractivity contribution is 0.252. The van der Waals surface area contributed by atoms with Gasteiger partial charge < -0.3 is 20.5 Å². The van der Waals surface area contributed by atoms with Crippen molar-refractivity contribution in [2.75, 3.05) is 23.7 Å². The van der Waals surface area contributed by atoms with E-state index in [1.54, 1.807) is 12.1 Å². The van der Waals surface area contributed by atoms with Gasteiger partial charge in [0.15, 0.2) is 5.82 Å². The van der Waals surface area contributed by atoms with Crippen LogP contribution in [0.3, 0.4) is 0 Å². The maximum atomic E-state index is 11.9. The van der Waals surface area contributed by atoms with Gasteiger partial charge in [-0.3, -0.25) is 0 Å². The fourth-order valence-electron chi connectivity index (χ4n) is 2.30. The minimum absolute atomic E-state index is 0.313. The minimum atomic E-state index is -0.313. The Morgan fingerprint density at radius 1 is 1.12 bits per heavy atom. The van der Waals surface area contributed by atoms with Crippen LogP contribution in [0.5, 0.6) is 0 Å². The molecule has 26 heavy (non-hydrogen) atoms. The van der Waals surface area contributed by atoms with E-state index in [1.807, 2.05) is 54.2 Å². The molecule has 0 unspecified atom stereocenters. The number of hydrogen-bond acceptors (Lipinski definition) is 4. The highest BCUT2D eigenvalue weighted by Gasteiger charge is 2.05. The van der Waals surface area contributed by atoms with Gasteiger partial charge in [-0.15, -0.1) is 10.2 Å². The maximum absolute atomic E-state index is 11.9. The summed E-state index contributed by atoms with van der Waals surface area (Å²) in [6, 6.07) is 12.7. The Hall–Kier alpha value is -3.06. The Bertz CT molecular complexity index is 864. The Kier molecular flexibility index (Phi) is 5.70. The zero-order chi connectivity index (χ0) is 18.4. The first-order chi connectivity index (χ1) is 12.6. The van der Waals surface area contributed by atoms with Crippen LogP contribution in [0.2, 0.25) is 5.02 Å². The number of aromatic nitrogens is 3. The van der Waals surface area contributed by atoms with Gasteiger partial charge in [-0.1, -0.05) is 17.7 Å². The molecule has 0 fully saturated rings. The van der Waals surface area contributed by atoms with Crippen molar-refractivity contribution in [3.63, 3.8) is 0 Å². The quantitative estimate of drug-likeness (QED) is 0.580. The number of urea groups is 1. The van der Waals surface area contributed by atoms with Crippen molar-refractivity contribution in [3.05, 3.63) is 65.4 Å². The monoisotopic (exact) mass is 370 g/mol. The normalized spacial score (nSPS) is 10.4. The first-order valence-electron chi connectivity index (χ1n) is 8.14. The van der Waals surface area contributed by atoms with E-state index in [2.05, 4.69) is 26.1 Å². The first kappa shape index (κ1) is 17.8. The van der Waals surface area contributed by atoms with Crippen LogP contribution >= 0.6 is 11.6 Å². The number of halogens is 1. The molecule has 3 N–H and O–H groups in total. The molecule has 0 aliphatic heterocycles. The fourth-order valence-corrected chi connectivity index (χ4v) is 2.58. The third-order valence-electron chi connectivity index (χ3n) is 3.61. The van der Waals surface area contributed by atoms with Gasteiger partial charge in [0, 0.05) is 25.5 Å². The number of hydrogen-bond donors (Lipinski definition) is 3. The molecule has 3 rings (SSSR count). The van der Waals surface area contributed by atoms with Gasteiger partial charge in [-0.25, -0.2) is 4.79 Å². The van der Waals surface area contributed by atoms with E-state index in [0.29, 0.717) is 29.6 Å². The van der Waals surface area contributed by atoms with E-state index in [1.165, 1.54) is 0 Å². The number of nitrogens with one attached hydrogen (secondary N) is 3. The molecule has 134 valence electrons. The molecule has 0 aliphatic rings. The van der Waals surface area contributed by atoms with Crippen LogP contribution < -0.4 is 16.0 Å². The van der Waals surface area contributed by atoms with Gasteiger partial charge in [0.05, 0.1) is 10.7 Å². The zero-order valence-corrected chi connectivity index (χ0v) is 15.0. The van der Waals surface area contributed by atoms with Crippen molar-refractivity contribution in [1.82, 2.24) is 20.1 Å². The Morgan fingerprint density at radius 3 is 2.62 bits per heavy atom. The van der Waals surface area contributed by atoms with Gasteiger partial charge >= 0.3 is 6.03 Å². The number of nitrogens with zero attached hydrogens (tertiary/aromatic N) is 3. The van der Waals surface area contributed by atoms with Gasteiger partial charge in [0.25, 0.3) is 0 Å². The molecule has 2 heterocycles. The molecule has 8 heteroatoms. The Balaban J connectivity index is 1.41. The SMILES string of the molecule is Cc1ccc(NC(=O)NCCNc2ccc(-n3cccc3)nn2)c(Cl)c1. The summed E-state index contributed by atoms with van der Waals surface area (Å²) in [6.07, 6.45) is 3.81. The summed E-state index contributed by atoms with van der Waals surface area (Å²) < 4.78 is 1.87. The van der Waals surface area contributed by atoms with E-state index in [9.17, 15) is 4.79 Å². The molecule has 3 aromatic rings. The number of rotatable bonds is 6. The van der Waals surface area contributed by atoms with Crippen LogP contribution in [0.1, 0.15) is 5.56 Å². The van der Waals surface area contributed by atoms with Gasteiger partial charge in [0.2, 0.25) is 0 Å². The summed E-state index contributed by atoms with van der Waals surface area (Å²) in [6.45, 7) is 2.89. The van der Waals surface area contributed by atoms with Crippen LogP contribution in [0, 0.1) is 6.92 Å². The first-order valence-corrected chi connectivity index (χ1v) is 8.51. The van der Waals surface area contributed by atoms with E-state index in [-0.39, 0.29) is 6.03 Å².